The Balaban J connectivity index is 3.08. The number of nitrogens with zero attached hydrogens (tertiary/aromatic N) is 2. The van der Waals surface area contributed by atoms with Crippen molar-refractivity contribution in [2.24, 2.45) is 0 Å². The van der Waals surface area contributed by atoms with Crippen LogP contribution in [-0.2, 0) is 0 Å². The molecule has 0 aliphatic rings. The summed E-state index contributed by atoms with van der Waals surface area (Å²) in [4.78, 5) is 13.8. The largest absolute Gasteiger partial charge is 0.475 e. The molecule has 0 saturated heterocycles. The van der Waals surface area contributed by atoms with Gasteiger partial charge in [0.1, 0.15) is 0 Å². The van der Waals surface area contributed by atoms with Crippen LogP contribution < -0.4 is 0 Å². The summed E-state index contributed by atoms with van der Waals surface area (Å²) in [6, 6.07) is 0. The van der Waals surface area contributed by atoms with Gasteiger partial charge in [0.2, 0.25) is 5.82 Å². The zero-order valence-electron chi connectivity index (χ0n) is 4.28. The zero-order chi connectivity index (χ0) is 6.85. The Morgan fingerprint density at radius 2 is 2.56 bits per heavy atom. The summed E-state index contributed by atoms with van der Waals surface area (Å²) >= 11 is 1.84. The van der Waals surface area contributed by atoms with Gasteiger partial charge >= 0.3 is 5.97 Å². The van der Waals surface area contributed by atoms with Crippen LogP contribution in [0.4, 0.5) is 0 Å². The summed E-state index contributed by atoms with van der Waals surface area (Å²) in [5.41, 5.74) is 0. The first-order valence-electron chi connectivity index (χ1n) is 2.14. The highest BCUT2D eigenvalue weighted by Crippen LogP contribution is 2.00. The van der Waals surface area contributed by atoms with Crippen molar-refractivity contribution in [3.8, 4) is 0 Å². The molecule has 0 atom stereocenters. The quantitative estimate of drug-likeness (QED) is 0.735. The second kappa shape index (κ2) is 2.34. The van der Waals surface area contributed by atoms with E-state index in [1.807, 2.05) is 22.9 Å². The Labute approximate surface area is 65.0 Å². The molecule has 9 heavy (non-hydrogen) atoms. The smallest absolute Gasteiger partial charge is 0.372 e. The molecule has 48 valence electrons. The van der Waals surface area contributed by atoms with Crippen LogP contribution in [0.1, 0.15) is 10.6 Å². The lowest BCUT2D eigenvalue weighted by Gasteiger charge is -1.88. The summed E-state index contributed by atoms with van der Waals surface area (Å²) in [5.74, 6) is -0.954. The molecule has 1 rings (SSSR count). The van der Waals surface area contributed by atoms with E-state index < -0.39 is 5.97 Å². The summed E-state index contributed by atoms with van der Waals surface area (Å²) in [6.07, 6.45) is 3.01. The maximum absolute atomic E-state index is 10.2. The average Bonchev–Trinajstić information content (AvgIpc) is 2.13. The van der Waals surface area contributed by atoms with E-state index in [0.29, 0.717) is 0 Å². The van der Waals surface area contributed by atoms with Gasteiger partial charge in [0, 0.05) is 12.4 Å². The first kappa shape index (κ1) is 6.53. The summed E-state index contributed by atoms with van der Waals surface area (Å²) in [5, 5.41) is 8.37. The molecule has 0 bridgehead atoms. The minimum Gasteiger partial charge on any atom is -0.475 e. The topological polar surface area (TPSA) is 55.1 Å². The van der Waals surface area contributed by atoms with Crippen LogP contribution in [0.3, 0.4) is 0 Å². The van der Waals surface area contributed by atoms with Gasteiger partial charge in [-0.25, -0.2) is 9.78 Å². The molecular weight excluding hydrogens is 235 g/mol. The Morgan fingerprint density at radius 1 is 1.89 bits per heavy atom. The van der Waals surface area contributed by atoms with Crippen molar-refractivity contribution in [1.82, 2.24) is 7.76 Å². The van der Waals surface area contributed by atoms with E-state index in [9.17, 15) is 4.79 Å². The maximum atomic E-state index is 10.2. The number of halogens is 1. The van der Waals surface area contributed by atoms with Crippen molar-refractivity contribution < 1.29 is 9.90 Å². The fraction of sp³-hybridized carbons (Fsp3) is 0. The Morgan fingerprint density at radius 3 is 2.78 bits per heavy atom. The molecule has 0 fully saturated rings. The number of carboxylic acids is 1. The highest BCUT2D eigenvalue weighted by atomic mass is 127. The minimum absolute atomic E-state index is 0.0515. The highest BCUT2D eigenvalue weighted by molar-refractivity contribution is 14.1. The van der Waals surface area contributed by atoms with Crippen LogP contribution in [-0.4, -0.2) is 18.8 Å². The molecule has 1 aromatic rings. The molecule has 4 nitrogen and oxygen atoms in total. The molecule has 0 radical (unpaired) electrons. The first-order chi connectivity index (χ1) is 4.22. The first-order valence-corrected chi connectivity index (χ1v) is 3.11. The fourth-order valence-electron chi connectivity index (χ4n) is 0.435. The van der Waals surface area contributed by atoms with Gasteiger partial charge in [-0.05, 0) is 0 Å². The third kappa shape index (κ3) is 1.21. The Bertz CT molecular complexity index is 232. The number of rotatable bonds is 1. The maximum Gasteiger partial charge on any atom is 0.372 e. The van der Waals surface area contributed by atoms with Crippen LogP contribution in [0.15, 0.2) is 12.4 Å². The predicted molar refractivity (Wildman–Crippen MR) is 38.6 cm³/mol. The molecule has 0 aromatic carbocycles. The molecule has 0 amide bonds. The fourth-order valence-corrected chi connectivity index (χ4v) is 0.910. The lowest BCUT2D eigenvalue weighted by molar-refractivity contribution is 0.0684. The number of hydrogen-bond donors (Lipinski definition) is 1. The standard InChI is InChI=1S/C4H3IN2O2/c5-7-2-1-6-3(7)4(8)9/h1-2H,(H,8,9). The van der Waals surface area contributed by atoms with Gasteiger partial charge in [-0.1, -0.05) is 0 Å². The van der Waals surface area contributed by atoms with Crippen molar-refractivity contribution in [3.05, 3.63) is 18.2 Å². The summed E-state index contributed by atoms with van der Waals surface area (Å²) < 4.78 is 1.42. The molecule has 0 aliphatic carbocycles. The third-order valence-electron chi connectivity index (χ3n) is 0.788. The van der Waals surface area contributed by atoms with Crippen LogP contribution >= 0.6 is 22.9 Å². The molecule has 0 saturated carbocycles. The Kier molecular flexibility index (Phi) is 1.70. The summed E-state index contributed by atoms with van der Waals surface area (Å²) in [7, 11) is 0. The number of imidazole rings is 1. The van der Waals surface area contributed by atoms with Crippen molar-refractivity contribution in [2.75, 3.05) is 0 Å². The number of carbonyl (C=O) groups is 1. The van der Waals surface area contributed by atoms with Gasteiger partial charge in [0.25, 0.3) is 0 Å². The predicted octanol–water partition coefficient (Wildman–Crippen LogP) is 0.779. The number of carboxylic acid groups (broad SMARTS) is 1. The number of hydrogen-bond acceptors (Lipinski definition) is 2. The average molecular weight is 238 g/mol. The monoisotopic (exact) mass is 238 g/mol. The zero-order valence-corrected chi connectivity index (χ0v) is 6.44. The van der Waals surface area contributed by atoms with Crippen molar-refractivity contribution in [2.45, 2.75) is 0 Å². The van der Waals surface area contributed by atoms with E-state index in [-0.39, 0.29) is 5.82 Å². The van der Waals surface area contributed by atoms with E-state index in [1.165, 1.54) is 8.98 Å². The van der Waals surface area contributed by atoms with Crippen LogP contribution in [0.2, 0.25) is 0 Å². The lowest BCUT2D eigenvalue weighted by Crippen LogP contribution is -2.01. The lowest BCUT2D eigenvalue weighted by atomic mass is 10.6. The molecular formula is C4H3IN2O2. The van der Waals surface area contributed by atoms with Crippen LogP contribution in [0, 0.1) is 0 Å². The third-order valence-corrected chi connectivity index (χ3v) is 1.57. The van der Waals surface area contributed by atoms with Crippen molar-refractivity contribution in [1.29, 1.82) is 0 Å². The normalized spacial score (nSPS) is 9.44. The van der Waals surface area contributed by atoms with E-state index in [0.717, 1.165) is 0 Å². The van der Waals surface area contributed by atoms with Gasteiger partial charge < -0.3 is 5.11 Å². The van der Waals surface area contributed by atoms with Crippen molar-refractivity contribution in [3.63, 3.8) is 0 Å². The van der Waals surface area contributed by atoms with Gasteiger partial charge in [0.05, 0.1) is 22.9 Å². The molecule has 1 N–H and O–H groups in total. The minimum atomic E-state index is -1.01. The molecule has 0 unspecified atom stereocenters. The van der Waals surface area contributed by atoms with E-state index in [4.69, 9.17) is 5.11 Å². The second-order valence-electron chi connectivity index (χ2n) is 1.37. The van der Waals surface area contributed by atoms with Crippen LogP contribution in [0.5, 0.6) is 0 Å². The van der Waals surface area contributed by atoms with E-state index in [2.05, 4.69) is 4.98 Å². The van der Waals surface area contributed by atoms with Gasteiger partial charge in [0.15, 0.2) is 0 Å². The SMILES string of the molecule is O=C(O)c1nccn1I. The van der Waals surface area contributed by atoms with Gasteiger partial charge in [-0.3, -0.25) is 2.78 Å². The second-order valence-corrected chi connectivity index (χ2v) is 2.41. The van der Waals surface area contributed by atoms with E-state index in [1.54, 1.807) is 6.20 Å². The van der Waals surface area contributed by atoms with Crippen molar-refractivity contribution >= 4 is 28.8 Å². The van der Waals surface area contributed by atoms with Crippen LogP contribution in [0.25, 0.3) is 0 Å². The molecule has 1 aromatic heterocycles. The number of aromatic nitrogens is 2. The summed E-state index contributed by atoms with van der Waals surface area (Å²) in [6.45, 7) is 0. The van der Waals surface area contributed by atoms with Gasteiger partial charge in [-0.15, -0.1) is 0 Å². The van der Waals surface area contributed by atoms with E-state index >= 15 is 0 Å². The molecule has 0 aliphatic heterocycles. The highest BCUT2D eigenvalue weighted by Gasteiger charge is 2.06. The number of aromatic carboxylic acids is 1. The Hall–Kier alpha value is -0.590. The molecule has 5 heteroatoms. The molecule has 0 spiro atoms. The molecule has 1 heterocycles. The van der Waals surface area contributed by atoms with Gasteiger partial charge in [-0.2, -0.15) is 0 Å².